The molecule has 4 heteroatoms. The van der Waals surface area contributed by atoms with E-state index in [2.05, 4.69) is 12.1 Å². The van der Waals surface area contributed by atoms with E-state index in [4.69, 9.17) is 5.73 Å². The molecule has 3 rings (SSSR count). The Kier molecular flexibility index (Phi) is 4.25. The van der Waals surface area contributed by atoms with Gasteiger partial charge in [-0.15, -0.1) is 0 Å². The summed E-state index contributed by atoms with van der Waals surface area (Å²) in [5.74, 6) is 0.229. The fourth-order valence-corrected chi connectivity index (χ4v) is 3.17. The number of nitrogens with two attached hydrogens (primary N) is 1. The number of aromatic nitrogens is 1. The first-order valence-electron chi connectivity index (χ1n) is 7.84. The van der Waals surface area contributed by atoms with Gasteiger partial charge < -0.3 is 15.2 Å². The summed E-state index contributed by atoms with van der Waals surface area (Å²) in [7, 11) is 0. The fraction of sp³-hybridized carbons (Fsp3) is 0.471. The average molecular weight is 285 g/mol. The molecule has 1 aromatic carbocycles. The Morgan fingerprint density at radius 1 is 1.10 bits per heavy atom. The van der Waals surface area contributed by atoms with Crippen LogP contribution >= 0.6 is 0 Å². The number of rotatable bonds is 3. The summed E-state index contributed by atoms with van der Waals surface area (Å²) in [6.45, 7) is 2.77. The van der Waals surface area contributed by atoms with Crippen molar-refractivity contribution in [3.63, 3.8) is 0 Å². The number of likely N-dealkylation sites (tertiary alicyclic amines) is 1. The molecule has 1 amide bonds. The zero-order valence-corrected chi connectivity index (χ0v) is 12.4. The molecule has 1 aromatic heterocycles. The molecule has 0 spiro atoms. The first-order valence-corrected chi connectivity index (χ1v) is 7.84. The van der Waals surface area contributed by atoms with E-state index >= 15 is 0 Å². The first-order chi connectivity index (χ1) is 10.3. The van der Waals surface area contributed by atoms with Crippen molar-refractivity contribution in [2.24, 2.45) is 5.73 Å². The molecule has 4 nitrogen and oxygen atoms in total. The Hall–Kier alpha value is -1.81. The van der Waals surface area contributed by atoms with Crippen molar-refractivity contribution < 1.29 is 4.79 Å². The maximum absolute atomic E-state index is 12.5. The van der Waals surface area contributed by atoms with Crippen LogP contribution in [0.2, 0.25) is 0 Å². The van der Waals surface area contributed by atoms with E-state index in [1.54, 1.807) is 0 Å². The van der Waals surface area contributed by atoms with E-state index in [-0.39, 0.29) is 5.91 Å². The number of amides is 1. The van der Waals surface area contributed by atoms with Gasteiger partial charge in [0, 0.05) is 36.7 Å². The van der Waals surface area contributed by atoms with Gasteiger partial charge in [-0.2, -0.15) is 0 Å². The molecule has 0 atom stereocenters. The van der Waals surface area contributed by atoms with Gasteiger partial charge in [-0.05, 0) is 30.5 Å². The van der Waals surface area contributed by atoms with Gasteiger partial charge in [-0.3, -0.25) is 4.79 Å². The molecule has 112 valence electrons. The number of carbonyl (C=O) groups is 1. The molecule has 1 fully saturated rings. The zero-order chi connectivity index (χ0) is 14.7. The van der Waals surface area contributed by atoms with Crippen molar-refractivity contribution in [3.8, 4) is 0 Å². The van der Waals surface area contributed by atoms with Crippen LogP contribution in [0.5, 0.6) is 0 Å². The SMILES string of the molecule is NCc1cccc2c1ccn2CC(=O)N1CCCCCC1. The Balaban J connectivity index is 1.79. The molecular formula is C17H23N3O. The topological polar surface area (TPSA) is 51.3 Å². The van der Waals surface area contributed by atoms with Gasteiger partial charge in [-0.1, -0.05) is 25.0 Å². The lowest BCUT2D eigenvalue weighted by atomic mass is 10.1. The van der Waals surface area contributed by atoms with Gasteiger partial charge in [0.05, 0.1) is 0 Å². The van der Waals surface area contributed by atoms with Crippen LogP contribution < -0.4 is 5.73 Å². The summed E-state index contributed by atoms with van der Waals surface area (Å²) in [6, 6.07) is 8.18. The molecule has 1 aliphatic heterocycles. The Bertz CT molecular complexity index is 624. The maximum atomic E-state index is 12.5. The summed E-state index contributed by atoms with van der Waals surface area (Å²) in [5, 5.41) is 1.16. The number of nitrogens with zero attached hydrogens (tertiary/aromatic N) is 2. The average Bonchev–Trinajstić information content (AvgIpc) is 2.75. The lowest BCUT2D eigenvalue weighted by Gasteiger charge is -2.20. The standard InChI is InChI=1S/C17H23N3O/c18-12-14-6-5-7-16-15(14)8-11-20(16)13-17(21)19-9-3-1-2-4-10-19/h5-8,11H,1-4,9-10,12-13,18H2. The molecule has 0 unspecified atom stereocenters. The molecule has 21 heavy (non-hydrogen) atoms. The number of carbonyl (C=O) groups excluding carboxylic acids is 1. The maximum Gasteiger partial charge on any atom is 0.242 e. The predicted octanol–water partition coefficient (Wildman–Crippen LogP) is 2.50. The third-order valence-corrected chi connectivity index (χ3v) is 4.39. The monoisotopic (exact) mass is 285 g/mol. The number of hydrogen-bond donors (Lipinski definition) is 1. The van der Waals surface area contributed by atoms with E-state index in [0.717, 1.165) is 42.4 Å². The van der Waals surface area contributed by atoms with Crippen LogP contribution in [0, 0.1) is 0 Å². The fourth-order valence-electron chi connectivity index (χ4n) is 3.17. The van der Waals surface area contributed by atoms with Crippen molar-refractivity contribution in [2.75, 3.05) is 13.1 Å². The van der Waals surface area contributed by atoms with Gasteiger partial charge in [0.25, 0.3) is 0 Å². The summed E-state index contributed by atoms with van der Waals surface area (Å²) >= 11 is 0. The Labute approximate surface area is 125 Å². The van der Waals surface area contributed by atoms with Crippen LogP contribution in [0.3, 0.4) is 0 Å². The second-order valence-electron chi connectivity index (χ2n) is 5.79. The summed E-state index contributed by atoms with van der Waals surface area (Å²) in [6.07, 6.45) is 6.76. The highest BCUT2D eigenvalue weighted by Gasteiger charge is 2.16. The van der Waals surface area contributed by atoms with E-state index < -0.39 is 0 Å². The van der Waals surface area contributed by atoms with Crippen molar-refractivity contribution in [1.82, 2.24) is 9.47 Å². The van der Waals surface area contributed by atoms with Gasteiger partial charge in [-0.25, -0.2) is 0 Å². The lowest BCUT2D eigenvalue weighted by Crippen LogP contribution is -2.34. The van der Waals surface area contributed by atoms with Gasteiger partial charge in [0.15, 0.2) is 0 Å². The minimum atomic E-state index is 0.229. The smallest absolute Gasteiger partial charge is 0.242 e. The highest BCUT2D eigenvalue weighted by Crippen LogP contribution is 2.20. The van der Waals surface area contributed by atoms with Crippen LogP contribution in [-0.2, 0) is 17.9 Å². The molecule has 1 saturated heterocycles. The van der Waals surface area contributed by atoms with Gasteiger partial charge in [0.2, 0.25) is 5.91 Å². The number of fused-ring (bicyclic) bond motifs is 1. The van der Waals surface area contributed by atoms with Gasteiger partial charge >= 0.3 is 0 Å². The number of hydrogen-bond acceptors (Lipinski definition) is 2. The summed E-state index contributed by atoms with van der Waals surface area (Å²) in [5.41, 5.74) is 8.01. The van der Waals surface area contributed by atoms with E-state index in [9.17, 15) is 4.79 Å². The molecular weight excluding hydrogens is 262 g/mol. The van der Waals surface area contributed by atoms with Crippen molar-refractivity contribution in [1.29, 1.82) is 0 Å². The molecule has 0 radical (unpaired) electrons. The van der Waals surface area contributed by atoms with E-state index in [1.165, 1.54) is 12.8 Å². The minimum Gasteiger partial charge on any atom is -0.341 e. The van der Waals surface area contributed by atoms with Crippen LogP contribution in [0.15, 0.2) is 30.5 Å². The van der Waals surface area contributed by atoms with Crippen LogP contribution in [0.4, 0.5) is 0 Å². The second kappa shape index (κ2) is 6.31. The molecule has 0 bridgehead atoms. The Morgan fingerprint density at radius 2 is 1.86 bits per heavy atom. The first kappa shape index (κ1) is 14.1. The quantitative estimate of drug-likeness (QED) is 0.942. The highest BCUT2D eigenvalue weighted by molar-refractivity contribution is 5.85. The van der Waals surface area contributed by atoms with Crippen molar-refractivity contribution in [3.05, 3.63) is 36.0 Å². The van der Waals surface area contributed by atoms with E-state index in [0.29, 0.717) is 13.1 Å². The molecule has 0 saturated carbocycles. The van der Waals surface area contributed by atoms with Crippen molar-refractivity contribution in [2.45, 2.75) is 38.8 Å². The second-order valence-corrected chi connectivity index (χ2v) is 5.79. The molecule has 0 aliphatic carbocycles. The Morgan fingerprint density at radius 3 is 2.57 bits per heavy atom. The molecule has 2 N–H and O–H groups in total. The third kappa shape index (κ3) is 2.95. The van der Waals surface area contributed by atoms with E-state index in [1.807, 2.05) is 27.8 Å². The normalized spacial score (nSPS) is 16.1. The number of benzene rings is 1. The molecule has 2 heterocycles. The zero-order valence-electron chi connectivity index (χ0n) is 12.4. The lowest BCUT2D eigenvalue weighted by molar-refractivity contribution is -0.131. The molecule has 2 aromatic rings. The van der Waals surface area contributed by atoms with Crippen LogP contribution in [0.1, 0.15) is 31.2 Å². The third-order valence-electron chi connectivity index (χ3n) is 4.39. The van der Waals surface area contributed by atoms with Crippen LogP contribution in [-0.4, -0.2) is 28.5 Å². The highest BCUT2D eigenvalue weighted by atomic mass is 16.2. The predicted molar refractivity (Wildman–Crippen MR) is 84.9 cm³/mol. The largest absolute Gasteiger partial charge is 0.341 e. The minimum absolute atomic E-state index is 0.229. The molecule has 1 aliphatic rings. The summed E-state index contributed by atoms with van der Waals surface area (Å²) in [4.78, 5) is 14.5. The van der Waals surface area contributed by atoms with Crippen LogP contribution in [0.25, 0.3) is 10.9 Å². The van der Waals surface area contributed by atoms with Crippen molar-refractivity contribution >= 4 is 16.8 Å². The summed E-state index contributed by atoms with van der Waals surface area (Å²) < 4.78 is 2.04. The van der Waals surface area contributed by atoms with Gasteiger partial charge in [0.1, 0.15) is 6.54 Å².